The lowest BCUT2D eigenvalue weighted by molar-refractivity contribution is -0.0833. The molecule has 0 radical (unpaired) electrons. The molecule has 0 aromatic carbocycles. The topological polar surface area (TPSA) is 69.0 Å². The molecule has 1 amide bonds. The van der Waals surface area contributed by atoms with Gasteiger partial charge in [0.25, 0.3) is 0 Å². The number of fused-ring (bicyclic) bond motifs is 1. The van der Waals surface area contributed by atoms with Crippen LogP contribution in [-0.4, -0.2) is 50.4 Å². The second-order valence-electron chi connectivity index (χ2n) is 10.9. The summed E-state index contributed by atoms with van der Waals surface area (Å²) in [6.07, 6.45) is 8.58. The van der Waals surface area contributed by atoms with Gasteiger partial charge in [0, 0.05) is 11.8 Å². The first-order valence-corrected chi connectivity index (χ1v) is 12.5. The zero-order chi connectivity index (χ0) is 24.2. The summed E-state index contributed by atoms with van der Waals surface area (Å²) >= 11 is 0. The van der Waals surface area contributed by atoms with Crippen molar-refractivity contribution in [1.82, 2.24) is 19.5 Å². The fourth-order valence-corrected chi connectivity index (χ4v) is 4.54. The van der Waals surface area contributed by atoms with Crippen molar-refractivity contribution in [2.45, 2.75) is 98.3 Å². The smallest absolute Gasteiger partial charge is 0.410 e. The van der Waals surface area contributed by atoms with E-state index in [9.17, 15) is 4.79 Å². The van der Waals surface area contributed by atoms with Crippen molar-refractivity contribution in [2.75, 3.05) is 13.2 Å². The van der Waals surface area contributed by atoms with Gasteiger partial charge in [-0.25, -0.2) is 14.3 Å². The Morgan fingerprint density at radius 3 is 2.48 bits per heavy atom. The molecule has 7 nitrogen and oxygen atoms in total. The van der Waals surface area contributed by atoms with Gasteiger partial charge in [0.15, 0.2) is 5.65 Å². The first-order valence-electron chi connectivity index (χ1n) is 12.5. The number of carbonyl (C=O) groups excluding carboxylic acids is 1. The second kappa shape index (κ2) is 10.9. The van der Waals surface area contributed by atoms with E-state index in [0.717, 1.165) is 23.0 Å². The maximum Gasteiger partial charge on any atom is 0.410 e. The lowest BCUT2D eigenvalue weighted by Gasteiger charge is -2.41. The van der Waals surface area contributed by atoms with E-state index in [0.29, 0.717) is 13.2 Å². The standard InChI is InChI=1S/C19H28N4O3.C7H14/c1-12(2)15-11-25-16(10-22(15)18(24)26-19(4,5)6)14-9-13(3)21-17-7-8-20-23(14)17;1-7-5-3-2-4-6-7/h7-9,12,15-16H,10-11H2,1-6H3;7H,2-6H2,1H3/t15?,16-;/m1./s1. The predicted octanol–water partition coefficient (Wildman–Crippen LogP) is 5.96. The number of aromatic nitrogens is 3. The van der Waals surface area contributed by atoms with Crippen LogP contribution in [0.1, 0.15) is 91.1 Å². The summed E-state index contributed by atoms with van der Waals surface area (Å²) in [6.45, 7) is 15.0. The van der Waals surface area contributed by atoms with Crippen LogP contribution in [0.4, 0.5) is 4.79 Å². The molecule has 7 heteroatoms. The van der Waals surface area contributed by atoms with Crippen molar-refractivity contribution >= 4 is 11.7 Å². The van der Waals surface area contributed by atoms with Crippen molar-refractivity contribution < 1.29 is 14.3 Å². The fourth-order valence-electron chi connectivity index (χ4n) is 4.54. The molecular formula is C26H42N4O3. The molecule has 0 spiro atoms. The van der Waals surface area contributed by atoms with Gasteiger partial charge in [0.05, 0.1) is 31.1 Å². The molecule has 2 atom stereocenters. The van der Waals surface area contributed by atoms with E-state index in [-0.39, 0.29) is 24.2 Å². The molecule has 2 fully saturated rings. The number of aryl methyl sites for hydroxylation is 1. The third-order valence-electron chi connectivity index (χ3n) is 6.37. The average molecular weight is 459 g/mol. The van der Waals surface area contributed by atoms with E-state index < -0.39 is 5.60 Å². The van der Waals surface area contributed by atoms with Gasteiger partial charge >= 0.3 is 6.09 Å². The number of nitrogens with zero attached hydrogens (tertiary/aromatic N) is 4. The largest absolute Gasteiger partial charge is 0.444 e. The van der Waals surface area contributed by atoms with Crippen LogP contribution in [0, 0.1) is 18.8 Å². The number of amides is 1. The molecule has 4 rings (SSSR count). The van der Waals surface area contributed by atoms with Crippen molar-refractivity contribution in [3.63, 3.8) is 0 Å². The van der Waals surface area contributed by atoms with Crippen LogP contribution in [0.3, 0.4) is 0 Å². The van der Waals surface area contributed by atoms with Crippen molar-refractivity contribution in [2.24, 2.45) is 11.8 Å². The van der Waals surface area contributed by atoms with Crippen LogP contribution in [0.25, 0.3) is 5.65 Å². The Balaban J connectivity index is 0.000000374. The number of rotatable bonds is 2. The minimum atomic E-state index is -0.533. The maximum atomic E-state index is 12.8. The molecule has 184 valence electrons. The van der Waals surface area contributed by atoms with Crippen molar-refractivity contribution in [3.8, 4) is 0 Å². The summed E-state index contributed by atoms with van der Waals surface area (Å²) in [7, 11) is 0. The number of hydrogen-bond donors (Lipinski definition) is 0. The van der Waals surface area contributed by atoms with Gasteiger partial charge < -0.3 is 9.47 Å². The molecule has 33 heavy (non-hydrogen) atoms. The van der Waals surface area contributed by atoms with E-state index in [1.54, 1.807) is 15.6 Å². The summed E-state index contributed by atoms with van der Waals surface area (Å²) < 4.78 is 13.6. The van der Waals surface area contributed by atoms with Crippen LogP contribution < -0.4 is 0 Å². The second-order valence-corrected chi connectivity index (χ2v) is 10.9. The highest BCUT2D eigenvalue weighted by Gasteiger charge is 2.37. The molecule has 2 aromatic heterocycles. The third kappa shape index (κ3) is 6.92. The van der Waals surface area contributed by atoms with E-state index in [4.69, 9.17) is 9.47 Å². The highest BCUT2D eigenvalue weighted by molar-refractivity contribution is 5.69. The summed E-state index contributed by atoms with van der Waals surface area (Å²) in [5.74, 6) is 1.31. The van der Waals surface area contributed by atoms with E-state index in [1.165, 1.54) is 32.1 Å². The minimum Gasteiger partial charge on any atom is -0.444 e. The fraction of sp³-hybridized carbons (Fsp3) is 0.731. The molecular weight excluding hydrogens is 416 g/mol. The predicted molar refractivity (Wildman–Crippen MR) is 130 cm³/mol. The molecule has 1 aliphatic carbocycles. The summed E-state index contributed by atoms with van der Waals surface area (Å²) in [5.41, 5.74) is 2.03. The Morgan fingerprint density at radius 1 is 1.21 bits per heavy atom. The molecule has 1 saturated carbocycles. The Morgan fingerprint density at radius 2 is 1.91 bits per heavy atom. The van der Waals surface area contributed by atoms with E-state index >= 15 is 0 Å². The molecule has 2 aromatic rings. The molecule has 2 aliphatic rings. The SMILES string of the molecule is CC1CCCCC1.Cc1cc([C@H]2CN(C(=O)OC(C)(C)C)C(C(C)C)CO2)n2nccc2n1. The van der Waals surface area contributed by atoms with Gasteiger partial charge in [-0.3, -0.25) is 4.90 Å². The molecule has 1 aliphatic heterocycles. The third-order valence-corrected chi connectivity index (χ3v) is 6.37. The van der Waals surface area contributed by atoms with Crippen LogP contribution >= 0.6 is 0 Å². The van der Waals surface area contributed by atoms with Gasteiger partial charge in [-0.15, -0.1) is 0 Å². The van der Waals surface area contributed by atoms with Crippen molar-refractivity contribution in [3.05, 3.63) is 29.7 Å². The molecule has 0 N–H and O–H groups in total. The highest BCUT2D eigenvalue weighted by Crippen LogP contribution is 2.29. The van der Waals surface area contributed by atoms with Crippen LogP contribution in [0.2, 0.25) is 0 Å². The lowest BCUT2D eigenvalue weighted by Crippen LogP contribution is -2.53. The normalized spacial score (nSPS) is 22.2. The van der Waals surface area contributed by atoms with Crippen molar-refractivity contribution in [1.29, 1.82) is 0 Å². The zero-order valence-corrected chi connectivity index (χ0v) is 21.5. The monoisotopic (exact) mass is 458 g/mol. The van der Waals surface area contributed by atoms with Gasteiger partial charge in [-0.05, 0) is 45.6 Å². The van der Waals surface area contributed by atoms with Crippen LogP contribution in [0.15, 0.2) is 18.3 Å². The average Bonchev–Trinajstić information content (AvgIpc) is 3.21. The van der Waals surface area contributed by atoms with Gasteiger partial charge in [0.2, 0.25) is 0 Å². The first kappa shape index (κ1) is 25.5. The number of ether oxygens (including phenoxy) is 2. The van der Waals surface area contributed by atoms with Gasteiger partial charge in [-0.1, -0.05) is 52.9 Å². The number of carbonyl (C=O) groups is 1. The van der Waals surface area contributed by atoms with E-state index in [2.05, 4.69) is 30.9 Å². The van der Waals surface area contributed by atoms with Gasteiger partial charge in [-0.2, -0.15) is 5.10 Å². The maximum absolute atomic E-state index is 12.8. The quantitative estimate of drug-likeness (QED) is 0.555. The lowest BCUT2D eigenvalue weighted by atomic mass is 9.91. The number of hydrogen-bond acceptors (Lipinski definition) is 5. The molecule has 3 heterocycles. The summed E-state index contributed by atoms with van der Waals surface area (Å²) in [4.78, 5) is 19.1. The minimum absolute atomic E-state index is 0.0165. The Hall–Kier alpha value is -2.15. The zero-order valence-electron chi connectivity index (χ0n) is 21.5. The highest BCUT2D eigenvalue weighted by atomic mass is 16.6. The number of morpholine rings is 1. The van der Waals surface area contributed by atoms with Crippen LogP contribution in [-0.2, 0) is 9.47 Å². The molecule has 1 saturated heterocycles. The van der Waals surface area contributed by atoms with E-state index in [1.807, 2.05) is 39.8 Å². The van der Waals surface area contributed by atoms with Gasteiger partial charge in [0.1, 0.15) is 11.7 Å². The molecule has 0 bridgehead atoms. The Kier molecular flexibility index (Phi) is 8.38. The summed E-state index contributed by atoms with van der Waals surface area (Å²) in [6, 6.07) is 3.81. The van der Waals surface area contributed by atoms with Crippen LogP contribution in [0.5, 0.6) is 0 Å². The summed E-state index contributed by atoms with van der Waals surface area (Å²) in [5, 5.41) is 4.36. The molecule has 1 unspecified atom stereocenters. The Bertz CT molecular complexity index is 912. The first-order chi connectivity index (χ1) is 15.5. The Labute approximate surface area is 198 Å².